The highest BCUT2D eigenvalue weighted by molar-refractivity contribution is 8.04. The van der Waals surface area contributed by atoms with Gasteiger partial charge in [0.25, 0.3) is 0 Å². The van der Waals surface area contributed by atoms with Crippen molar-refractivity contribution in [2.24, 2.45) is 5.92 Å². The molecular formula is C11H13NO3S. The highest BCUT2D eigenvalue weighted by Gasteiger charge is 2.40. The summed E-state index contributed by atoms with van der Waals surface area (Å²) in [5, 5.41) is 11.6. The van der Waals surface area contributed by atoms with Crippen molar-refractivity contribution in [3.8, 4) is 0 Å². The summed E-state index contributed by atoms with van der Waals surface area (Å²) in [5.74, 6) is -1.62. The average molecular weight is 239 g/mol. The fraction of sp³-hybridized carbons (Fsp3) is 0.455. The topological polar surface area (TPSA) is 66.4 Å². The monoisotopic (exact) mass is 239 g/mol. The van der Waals surface area contributed by atoms with Crippen molar-refractivity contribution in [3.63, 3.8) is 0 Å². The molecule has 86 valence electrons. The number of carboxylic acids is 1. The Morgan fingerprint density at radius 2 is 2.31 bits per heavy atom. The van der Waals surface area contributed by atoms with E-state index in [0.717, 1.165) is 23.3 Å². The lowest BCUT2D eigenvalue weighted by Gasteiger charge is -2.18. The number of hydrogen-bond acceptors (Lipinski definition) is 3. The summed E-state index contributed by atoms with van der Waals surface area (Å²) in [7, 11) is 0. The summed E-state index contributed by atoms with van der Waals surface area (Å²) in [6, 6.07) is 0. The molecule has 0 fully saturated rings. The summed E-state index contributed by atoms with van der Waals surface area (Å²) in [4.78, 5) is 23.3. The first-order valence-corrected chi connectivity index (χ1v) is 6.03. The van der Waals surface area contributed by atoms with Crippen LogP contribution in [-0.4, -0.2) is 22.4 Å². The van der Waals surface area contributed by atoms with E-state index in [1.54, 1.807) is 0 Å². The number of allylic oxidation sites excluding steroid dienone is 2. The minimum absolute atomic E-state index is 0.187. The van der Waals surface area contributed by atoms with Crippen LogP contribution in [0.1, 0.15) is 19.8 Å². The summed E-state index contributed by atoms with van der Waals surface area (Å²) in [6.07, 6.45) is 5.67. The van der Waals surface area contributed by atoms with Crippen molar-refractivity contribution in [3.05, 3.63) is 22.6 Å². The maximum atomic E-state index is 11.2. The normalized spacial score (nSPS) is 27.8. The fourth-order valence-electron chi connectivity index (χ4n) is 2.06. The van der Waals surface area contributed by atoms with Crippen LogP contribution in [0.4, 0.5) is 0 Å². The van der Waals surface area contributed by atoms with E-state index in [0.29, 0.717) is 0 Å². The van der Waals surface area contributed by atoms with Gasteiger partial charge in [-0.05, 0) is 18.4 Å². The van der Waals surface area contributed by atoms with Gasteiger partial charge in [0.1, 0.15) is 5.92 Å². The second kappa shape index (κ2) is 4.33. The first-order valence-electron chi connectivity index (χ1n) is 5.15. The van der Waals surface area contributed by atoms with Crippen molar-refractivity contribution in [1.29, 1.82) is 0 Å². The zero-order valence-corrected chi connectivity index (χ0v) is 9.71. The molecule has 0 radical (unpaired) electrons. The minimum atomic E-state index is -0.855. The fourth-order valence-corrected chi connectivity index (χ4v) is 3.53. The van der Waals surface area contributed by atoms with Crippen LogP contribution in [-0.2, 0) is 9.59 Å². The SMILES string of the molecule is CC(=O)NC1SC2=C(CCC=C2)C1C(=O)O. The Bertz CT molecular complexity index is 400. The molecule has 1 aliphatic carbocycles. The predicted octanol–water partition coefficient (Wildman–Crippen LogP) is 1.50. The molecule has 0 saturated carbocycles. The van der Waals surface area contributed by atoms with Gasteiger partial charge < -0.3 is 10.4 Å². The number of rotatable bonds is 2. The van der Waals surface area contributed by atoms with E-state index in [4.69, 9.17) is 0 Å². The van der Waals surface area contributed by atoms with Crippen LogP contribution in [0.3, 0.4) is 0 Å². The second-order valence-corrected chi connectivity index (χ2v) is 5.07. The molecule has 0 aromatic carbocycles. The Kier molecular flexibility index (Phi) is 3.05. The number of nitrogens with one attached hydrogen (secondary N) is 1. The molecule has 0 bridgehead atoms. The Morgan fingerprint density at radius 1 is 1.56 bits per heavy atom. The Balaban J connectivity index is 2.24. The number of amides is 1. The first kappa shape index (κ1) is 11.3. The molecule has 1 heterocycles. The van der Waals surface area contributed by atoms with Crippen molar-refractivity contribution in [2.45, 2.75) is 25.1 Å². The van der Waals surface area contributed by atoms with Crippen molar-refractivity contribution < 1.29 is 14.7 Å². The van der Waals surface area contributed by atoms with Crippen molar-refractivity contribution >= 4 is 23.6 Å². The molecule has 4 nitrogen and oxygen atoms in total. The van der Waals surface area contributed by atoms with Gasteiger partial charge in [-0.2, -0.15) is 0 Å². The average Bonchev–Trinajstić information content (AvgIpc) is 2.53. The van der Waals surface area contributed by atoms with E-state index in [1.807, 2.05) is 12.2 Å². The maximum absolute atomic E-state index is 11.2. The third-order valence-corrected chi connectivity index (χ3v) is 4.01. The van der Waals surface area contributed by atoms with Gasteiger partial charge in [-0.25, -0.2) is 0 Å². The number of thioether (sulfide) groups is 1. The third-order valence-electron chi connectivity index (χ3n) is 2.71. The van der Waals surface area contributed by atoms with Crippen LogP contribution in [0, 0.1) is 5.92 Å². The number of carbonyl (C=O) groups is 2. The summed E-state index contributed by atoms with van der Waals surface area (Å²) in [6.45, 7) is 1.41. The largest absolute Gasteiger partial charge is 0.481 e. The molecule has 0 spiro atoms. The van der Waals surface area contributed by atoms with Gasteiger partial charge in [0.05, 0.1) is 5.37 Å². The number of hydrogen-bond donors (Lipinski definition) is 2. The van der Waals surface area contributed by atoms with Gasteiger partial charge in [0.15, 0.2) is 0 Å². The van der Waals surface area contributed by atoms with Gasteiger partial charge >= 0.3 is 5.97 Å². The summed E-state index contributed by atoms with van der Waals surface area (Å²) < 4.78 is 0. The molecule has 2 atom stereocenters. The Morgan fingerprint density at radius 3 is 2.94 bits per heavy atom. The molecule has 0 aromatic heterocycles. The third kappa shape index (κ3) is 2.00. The molecule has 2 aliphatic rings. The number of aliphatic carboxylic acids is 1. The highest BCUT2D eigenvalue weighted by atomic mass is 32.2. The molecule has 0 aromatic rings. The van der Waals surface area contributed by atoms with Crippen LogP contribution in [0.25, 0.3) is 0 Å². The summed E-state index contributed by atoms with van der Waals surface area (Å²) in [5.41, 5.74) is 0.957. The molecule has 0 saturated heterocycles. The quantitative estimate of drug-likeness (QED) is 0.766. The molecule has 16 heavy (non-hydrogen) atoms. The van der Waals surface area contributed by atoms with Gasteiger partial charge in [-0.15, -0.1) is 11.8 Å². The zero-order valence-electron chi connectivity index (χ0n) is 8.90. The van der Waals surface area contributed by atoms with E-state index in [-0.39, 0.29) is 11.3 Å². The van der Waals surface area contributed by atoms with Crippen molar-refractivity contribution in [2.75, 3.05) is 0 Å². The number of carbonyl (C=O) groups excluding carboxylic acids is 1. The lowest BCUT2D eigenvalue weighted by molar-refractivity contribution is -0.140. The zero-order chi connectivity index (χ0) is 11.7. The van der Waals surface area contributed by atoms with Crippen LogP contribution >= 0.6 is 11.8 Å². The van der Waals surface area contributed by atoms with Crippen LogP contribution < -0.4 is 5.32 Å². The molecule has 1 aliphatic heterocycles. The maximum Gasteiger partial charge on any atom is 0.313 e. The second-order valence-electron chi connectivity index (χ2n) is 3.89. The lowest BCUT2D eigenvalue weighted by atomic mass is 9.92. The lowest BCUT2D eigenvalue weighted by Crippen LogP contribution is -2.38. The molecule has 2 N–H and O–H groups in total. The number of carboxylic acid groups (broad SMARTS) is 1. The van der Waals surface area contributed by atoms with Gasteiger partial charge in [-0.1, -0.05) is 12.2 Å². The van der Waals surface area contributed by atoms with E-state index in [1.165, 1.54) is 18.7 Å². The van der Waals surface area contributed by atoms with E-state index in [9.17, 15) is 14.7 Å². The Labute approximate surface area is 97.8 Å². The van der Waals surface area contributed by atoms with Crippen LogP contribution in [0.15, 0.2) is 22.6 Å². The van der Waals surface area contributed by atoms with E-state index < -0.39 is 11.9 Å². The molecule has 1 amide bonds. The van der Waals surface area contributed by atoms with Gasteiger partial charge in [-0.3, -0.25) is 9.59 Å². The Hall–Kier alpha value is -1.23. The first-order chi connectivity index (χ1) is 7.59. The van der Waals surface area contributed by atoms with Crippen LogP contribution in [0.5, 0.6) is 0 Å². The molecule has 5 heteroatoms. The summed E-state index contributed by atoms with van der Waals surface area (Å²) >= 11 is 1.44. The minimum Gasteiger partial charge on any atom is -0.481 e. The standard InChI is InChI=1S/C11H13NO3S/c1-6(13)12-10-9(11(14)15)7-4-2-3-5-8(7)16-10/h3,5,9-10H,2,4H2,1H3,(H,12,13)(H,14,15). The van der Waals surface area contributed by atoms with Gasteiger partial charge in [0.2, 0.25) is 5.91 Å². The van der Waals surface area contributed by atoms with Crippen LogP contribution in [0.2, 0.25) is 0 Å². The van der Waals surface area contributed by atoms with E-state index >= 15 is 0 Å². The van der Waals surface area contributed by atoms with Gasteiger partial charge in [0, 0.05) is 11.8 Å². The van der Waals surface area contributed by atoms with Crippen molar-refractivity contribution in [1.82, 2.24) is 5.32 Å². The molecular weight excluding hydrogens is 226 g/mol. The highest BCUT2D eigenvalue weighted by Crippen LogP contribution is 2.45. The smallest absolute Gasteiger partial charge is 0.313 e. The predicted molar refractivity (Wildman–Crippen MR) is 61.7 cm³/mol. The molecule has 2 rings (SSSR count). The molecule has 2 unspecified atom stereocenters. The van der Waals surface area contributed by atoms with E-state index in [2.05, 4.69) is 5.32 Å².